The molecule has 1 aliphatic heterocycles. The van der Waals surface area contributed by atoms with E-state index in [4.69, 9.17) is 5.73 Å². The van der Waals surface area contributed by atoms with E-state index in [9.17, 15) is 14.7 Å². The fraction of sp³-hybridized carbons (Fsp3) is 0.200. The third-order valence-electron chi connectivity index (χ3n) is 4.19. The number of amides is 1. The molecule has 1 amide bonds. The lowest BCUT2D eigenvalue weighted by Crippen LogP contribution is -2.38. The molecule has 0 aromatic heterocycles. The summed E-state index contributed by atoms with van der Waals surface area (Å²) in [6.07, 6.45) is 0. The number of nitrogens with zero attached hydrogens (tertiary/aromatic N) is 1. The number of rotatable bonds is 4. The molecule has 0 aliphatic carbocycles. The summed E-state index contributed by atoms with van der Waals surface area (Å²) < 4.78 is 0. The quantitative estimate of drug-likeness (QED) is 0.510. The van der Waals surface area contributed by atoms with Crippen LogP contribution in [0.25, 0.3) is 5.76 Å². The van der Waals surface area contributed by atoms with Crippen LogP contribution in [0.5, 0.6) is 0 Å². The SMILES string of the molecule is CC(N)CN1C(=O)C(=O)/C(=C(/O)c2ccccc2)C1c1ccccc1. The molecule has 1 fully saturated rings. The summed E-state index contributed by atoms with van der Waals surface area (Å²) in [7, 11) is 0. The Balaban J connectivity index is 2.18. The van der Waals surface area contributed by atoms with Crippen LogP contribution < -0.4 is 5.73 Å². The Kier molecular flexibility index (Phi) is 4.67. The summed E-state index contributed by atoms with van der Waals surface area (Å²) in [6, 6.07) is 17.0. The molecule has 3 rings (SSSR count). The Morgan fingerprint density at radius 3 is 2.20 bits per heavy atom. The van der Waals surface area contributed by atoms with E-state index in [0.29, 0.717) is 5.56 Å². The van der Waals surface area contributed by atoms with Crippen molar-refractivity contribution < 1.29 is 14.7 Å². The van der Waals surface area contributed by atoms with Crippen LogP contribution in [0.1, 0.15) is 24.1 Å². The number of aliphatic hydroxyl groups is 1. The van der Waals surface area contributed by atoms with Gasteiger partial charge in [-0.05, 0) is 12.5 Å². The number of likely N-dealkylation sites (tertiary alicyclic amines) is 1. The largest absolute Gasteiger partial charge is 0.507 e. The number of benzene rings is 2. The molecule has 0 bridgehead atoms. The molecule has 2 atom stereocenters. The number of aliphatic hydroxyl groups excluding tert-OH is 1. The highest BCUT2D eigenvalue weighted by molar-refractivity contribution is 6.46. The zero-order valence-electron chi connectivity index (χ0n) is 13.9. The second-order valence-electron chi connectivity index (χ2n) is 6.21. The lowest BCUT2D eigenvalue weighted by atomic mass is 9.95. The molecule has 2 aromatic carbocycles. The Morgan fingerprint density at radius 1 is 1.08 bits per heavy atom. The molecule has 0 saturated carbocycles. The van der Waals surface area contributed by atoms with Crippen LogP contribution in [-0.4, -0.2) is 34.3 Å². The van der Waals surface area contributed by atoms with Crippen LogP contribution in [0.15, 0.2) is 66.2 Å². The van der Waals surface area contributed by atoms with Gasteiger partial charge in [-0.2, -0.15) is 0 Å². The van der Waals surface area contributed by atoms with Gasteiger partial charge >= 0.3 is 0 Å². The lowest BCUT2D eigenvalue weighted by Gasteiger charge is -2.26. The van der Waals surface area contributed by atoms with E-state index < -0.39 is 17.7 Å². The van der Waals surface area contributed by atoms with Crippen molar-refractivity contribution in [3.8, 4) is 0 Å². The Bertz CT molecular complexity index is 813. The molecule has 0 radical (unpaired) electrons. The summed E-state index contributed by atoms with van der Waals surface area (Å²) in [5.41, 5.74) is 7.23. The first-order valence-corrected chi connectivity index (χ1v) is 8.15. The van der Waals surface area contributed by atoms with Gasteiger partial charge < -0.3 is 15.7 Å². The minimum atomic E-state index is -0.684. The Labute approximate surface area is 146 Å². The monoisotopic (exact) mass is 336 g/mol. The van der Waals surface area contributed by atoms with Crippen LogP contribution in [-0.2, 0) is 9.59 Å². The van der Waals surface area contributed by atoms with E-state index in [0.717, 1.165) is 5.56 Å². The number of ketones is 1. The first-order valence-electron chi connectivity index (χ1n) is 8.15. The number of hydrogen-bond donors (Lipinski definition) is 2. The fourth-order valence-electron chi connectivity index (χ4n) is 3.11. The van der Waals surface area contributed by atoms with E-state index >= 15 is 0 Å². The van der Waals surface area contributed by atoms with Gasteiger partial charge in [0.15, 0.2) is 0 Å². The fourth-order valence-corrected chi connectivity index (χ4v) is 3.11. The van der Waals surface area contributed by atoms with Crippen molar-refractivity contribution in [1.82, 2.24) is 4.90 Å². The second-order valence-corrected chi connectivity index (χ2v) is 6.21. The standard InChI is InChI=1S/C20H20N2O3/c1-13(21)12-22-17(14-8-4-2-5-9-14)16(19(24)20(22)25)18(23)15-10-6-3-7-11-15/h2-11,13,17,23H,12,21H2,1H3/b18-16+. The maximum absolute atomic E-state index is 12.6. The zero-order chi connectivity index (χ0) is 18.0. The number of nitrogens with two attached hydrogens (primary N) is 1. The van der Waals surface area contributed by atoms with Crippen molar-refractivity contribution in [2.75, 3.05) is 6.54 Å². The van der Waals surface area contributed by atoms with Gasteiger partial charge in [0.25, 0.3) is 11.7 Å². The predicted octanol–water partition coefficient (Wildman–Crippen LogP) is 2.46. The van der Waals surface area contributed by atoms with Crippen molar-refractivity contribution in [2.24, 2.45) is 5.73 Å². The molecule has 128 valence electrons. The zero-order valence-corrected chi connectivity index (χ0v) is 13.9. The van der Waals surface area contributed by atoms with E-state index in [1.54, 1.807) is 31.2 Å². The maximum atomic E-state index is 12.6. The molecule has 5 heteroatoms. The molecule has 2 unspecified atom stereocenters. The summed E-state index contributed by atoms with van der Waals surface area (Å²) in [5, 5.41) is 10.7. The highest BCUT2D eigenvalue weighted by Crippen LogP contribution is 2.39. The van der Waals surface area contributed by atoms with E-state index in [1.165, 1.54) is 4.90 Å². The molecule has 25 heavy (non-hydrogen) atoms. The molecule has 0 spiro atoms. The third-order valence-corrected chi connectivity index (χ3v) is 4.19. The molecule has 1 heterocycles. The maximum Gasteiger partial charge on any atom is 0.295 e. The lowest BCUT2D eigenvalue weighted by molar-refractivity contribution is -0.140. The van der Waals surface area contributed by atoms with Gasteiger partial charge in [-0.15, -0.1) is 0 Å². The molecule has 3 N–H and O–H groups in total. The Hall–Kier alpha value is -2.92. The number of carbonyl (C=O) groups excluding carboxylic acids is 2. The van der Waals surface area contributed by atoms with Gasteiger partial charge in [-0.25, -0.2) is 0 Å². The van der Waals surface area contributed by atoms with Gasteiger partial charge in [-0.3, -0.25) is 9.59 Å². The van der Waals surface area contributed by atoms with E-state index in [1.807, 2.05) is 36.4 Å². The number of hydrogen-bond acceptors (Lipinski definition) is 4. The first-order chi connectivity index (χ1) is 12.0. The highest BCUT2D eigenvalue weighted by atomic mass is 16.3. The van der Waals surface area contributed by atoms with Crippen LogP contribution in [0, 0.1) is 0 Å². The summed E-state index contributed by atoms with van der Waals surface area (Å²) >= 11 is 0. The summed E-state index contributed by atoms with van der Waals surface area (Å²) in [6.45, 7) is 2.01. The third kappa shape index (κ3) is 3.19. The molecular formula is C20H20N2O3. The van der Waals surface area contributed by atoms with Crippen molar-refractivity contribution in [2.45, 2.75) is 19.0 Å². The van der Waals surface area contributed by atoms with Crippen LogP contribution >= 0.6 is 0 Å². The van der Waals surface area contributed by atoms with Crippen molar-refractivity contribution in [3.05, 3.63) is 77.4 Å². The van der Waals surface area contributed by atoms with Crippen molar-refractivity contribution in [3.63, 3.8) is 0 Å². The average Bonchev–Trinajstić information content (AvgIpc) is 2.87. The molecule has 1 saturated heterocycles. The molecular weight excluding hydrogens is 316 g/mol. The number of carbonyl (C=O) groups is 2. The average molecular weight is 336 g/mol. The topological polar surface area (TPSA) is 83.6 Å². The second kappa shape index (κ2) is 6.91. The molecule has 2 aromatic rings. The predicted molar refractivity (Wildman–Crippen MR) is 95.5 cm³/mol. The van der Waals surface area contributed by atoms with Crippen LogP contribution in [0.2, 0.25) is 0 Å². The number of Topliss-reactive ketones (excluding diaryl/α,β-unsaturated/α-hetero) is 1. The minimum absolute atomic E-state index is 0.100. The van der Waals surface area contributed by atoms with Gasteiger partial charge in [-0.1, -0.05) is 60.7 Å². The van der Waals surface area contributed by atoms with Gasteiger partial charge in [0.05, 0.1) is 11.6 Å². The smallest absolute Gasteiger partial charge is 0.295 e. The first kappa shape index (κ1) is 16.9. The normalized spacial score (nSPS) is 20.7. The minimum Gasteiger partial charge on any atom is -0.507 e. The van der Waals surface area contributed by atoms with Gasteiger partial charge in [0.2, 0.25) is 0 Å². The van der Waals surface area contributed by atoms with Gasteiger partial charge in [0.1, 0.15) is 5.76 Å². The van der Waals surface area contributed by atoms with E-state index in [-0.39, 0.29) is 23.9 Å². The van der Waals surface area contributed by atoms with Gasteiger partial charge in [0, 0.05) is 18.2 Å². The van der Waals surface area contributed by atoms with Crippen LogP contribution in [0.4, 0.5) is 0 Å². The van der Waals surface area contributed by atoms with E-state index in [2.05, 4.69) is 0 Å². The molecule has 1 aliphatic rings. The van der Waals surface area contributed by atoms with Crippen molar-refractivity contribution >= 4 is 17.4 Å². The summed E-state index contributed by atoms with van der Waals surface area (Å²) in [5.74, 6) is -1.49. The van der Waals surface area contributed by atoms with Crippen LogP contribution in [0.3, 0.4) is 0 Å². The summed E-state index contributed by atoms with van der Waals surface area (Å²) in [4.78, 5) is 26.6. The molecule has 5 nitrogen and oxygen atoms in total. The van der Waals surface area contributed by atoms with Crippen molar-refractivity contribution in [1.29, 1.82) is 0 Å². The Morgan fingerprint density at radius 2 is 1.64 bits per heavy atom. The highest BCUT2D eigenvalue weighted by Gasteiger charge is 2.46.